The van der Waals surface area contributed by atoms with Crippen LogP contribution in [0.1, 0.15) is 44.0 Å². The molecule has 0 saturated heterocycles. The molecule has 1 unspecified atom stereocenters. The van der Waals surface area contributed by atoms with Crippen molar-refractivity contribution in [3.8, 4) is 0 Å². The van der Waals surface area contributed by atoms with Crippen molar-refractivity contribution < 1.29 is 9.59 Å². The number of hydrogen-bond donors (Lipinski definition) is 3. The lowest BCUT2D eigenvalue weighted by molar-refractivity contribution is -0.116. The van der Waals surface area contributed by atoms with Gasteiger partial charge in [0.2, 0.25) is 5.91 Å². The molecule has 5 nitrogen and oxygen atoms in total. The van der Waals surface area contributed by atoms with Crippen molar-refractivity contribution in [1.82, 2.24) is 5.32 Å². The summed E-state index contributed by atoms with van der Waals surface area (Å²) in [5, 5.41) is 5.89. The molecular formula is C16H25Cl2N3O2. The largest absolute Gasteiger partial charge is 0.352 e. The Morgan fingerprint density at radius 3 is 2.48 bits per heavy atom. The summed E-state index contributed by atoms with van der Waals surface area (Å²) in [6.45, 7) is 6.30. The van der Waals surface area contributed by atoms with E-state index in [2.05, 4.69) is 10.6 Å². The number of carbonyl (C=O) groups excluding carboxylic acids is 2. The Bertz CT molecular complexity index is 534. The van der Waals surface area contributed by atoms with Crippen LogP contribution in [-0.4, -0.2) is 24.4 Å². The number of amides is 2. The maximum absolute atomic E-state index is 12.1. The first-order chi connectivity index (χ1) is 10.3. The minimum absolute atomic E-state index is 0. The van der Waals surface area contributed by atoms with Gasteiger partial charge in [-0.2, -0.15) is 0 Å². The van der Waals surface area contributed by atoms with E-state index in [0.717, 1.165) is 0 Å². The molecule has 0 aliphatic rings. The highest BCUT2D eigenvalue weighted by molar-refractivity contribution is 6.34. The number of nitrogens with one attached hydrogen (secondary N) is 2. The zero-order valence-corrected chi connectivity index (χ0v) is 15.3. The van der Waals surface area contributed by atoms with Crippen LogP contribution in [0.25, 0.3) is 0 Å². The first-order valence-corrected chi connectivity index (χ1v) is 7.80. The first-order valence-electron chi connectivity index (χ1n) is 7.42. The average molecular weight is 362 g/mol. The molecule has 0 aliphatic carbocycles. The van der Waals surface area contributed by atoms with E-state index in [-0.39, 0.29) is 36.2 Å². The molecule has 2 amide bonds. The van der Waals surface area contributed by atoms with Crippen molar-refractivity contribution in [2.45, 2.75) is 39.7 Å². The van der Waals surface area contributed by atoms with E-state index in [1.807, 2.05) is 20.8 Å². The summed E-state index contributed by atoms with van der Waals surface area (Å²) in [4.78, 5) is 23.9. The molecule has 0 radical (unpaired) electrons. The Labute approximate surface area is 148 Å². The lowest BCUT2D eigenvalue weighted by Gasteiger charge is -2.11. The molecule has 0 fully saturated rings. The van der Waals surface area contributed by atoms with Gasteiger partial charge in [0, 0.05) is 24.7 Å². The van der Waals surface area contributed by atoms with Gasteiger partial charge in [-0.15, -0.1) is 12.4 Å². The highest BCUT2D eigenvalue weighted by Crippen LogP contribution is 2.21. The van der Waals surface area contributed by atoms with Crippen LogP contribution in [0.2, 0.25) is 5.02 Å². The third kappa shape index (κ3) is 8.21. The van der Waals surface area contributed by atoms with E-state index in [1.165, 1.54) is 0 Å². The maximum Gasteiger partial charge on any atom is 0.252 e. The topological polar surface area (TPSA) is 84.2 Å². The van der Waals surface area contributed by atoms with Gasteiger partial charge in [-0.1, -0.05) is 25.4 Å². The van der Waals surface area contributed by atoms with Crippen molar-refractivity contribution in [3.05, 3.63) is 28.8 Å². The molecule has 0 aromatic heterocycles. The fraction of sp³-hybridized carbons (Fsp3) is 0.500. The lowest BCUT2D eigenvalue weighted by atomic mass is 10.1. The first kappa shape index (κ1) is 21.7. The number of hydrogen-bond acceptors (Lipinski definition) is 3. The number of halogens is 2. The molecule has 23 heavy (non-hydrogen) atoms. The molecule has 0 saturated carbocycles. The van der Waals surface area contributed by atoms with E-state index in [0.29, 0.717) is 35.7 Å². The Hall–Kier alpha value is -1.30. The van der Waals surface area contributed by atoms with Gasteiger partial charge in [0.25, 0.3) is 5.91 Å². The van der Waals surface area contributed by atoms with Crippen LogP contribution in [0.5, 0.6) is 0 Å². The van der Waals surface area contributed by atoms with Crippen molar-refractivity contribution in [2.75, 3.05) is 11.9 Å². The minimum atomic E-state index is -0.273. The number of nitrogens with two attached hydrogens (primary N) is 1. The van der Waals surface area contributed by atoms with Gasteiger partial charge in [-0.05, 0) is 37.5 Å². The highest BCUT2D eigenvalue weighted by Gasteiger charge is 2.12. The zero-order chi connectivity index (χ0) is 16.7. The predicted octanol–water partition coefficient (Wildman–Crippen LogP) is 3.21. The molecular weight excluding hydrogens is 337 g/mol. The number of benzene rings is 1. The van der Waals surface area contributed by atoms with Crippen LogP contribution in [-0.2, 0) is 4.79 Å². The fourth-order valence-electron chi connectivity index (χ4n) is 1.87. The van der Waals surface area contributed by atoms with Gasteiger partial charge in [-0.25, -0.2) is 0 Å². The van der Waals surface area contributed by atoms with Gasteiger partial charge < -0.3 is 16.4 Å². The molecule has 0 bridgehead atoms. The average Bonchev–Trinajstić information content (AvgIpc) is 2.39. The van der Waals surface area contributed by atoms with E-state index >= 15 is 0 Å². The van der Waals surface area contributed by atoms with Gasteiger partial charge in [0.05, 0.1) is 10.6 Å². The Balaban J connectivity index is 0.00000484. The summed E-state index contributed by atoms with van der Waals surface area (Å²) in [6, 6.07) is 4.89. The summed E-state index contributed by atoms with van der Waals surface area (Å²) in [5.74, 6) is -0.0837. The summed E-state index contributed by atoms with van der Waals surface area (Å²) >= 11 is 6.06. The molecule has 1 atom stereocenters. The molecule has 7 heteroatoms. The van der Waals surface area contributed by atoms with Gasteiger partial charge in [0.15, 0.2) is 0 Å². The summed E-state index contributed by atoms with van der Waals surface area (Å²) in [6.07, 6.45) is 1.12. The quantitative estimate of drug-likeness (QED) is 0.696. The zero-order valence-electron chi connectivity index (χ0n) is 13.7. The van der Waals surface area contributed by atoms with Crippen LogP contribution in [0.15, 0.2) is 18.2 Å². The molecule has 0 heterocycles. The predicted molar refractivity (Wildman–Crippen MR) is 97.4 cm³/mol. The fourth-order valence-corrected chi connectivity index (χ4v) is 2.07. The molecule has 1 rings (SSSR count). The van der Waals surface area contributed by atoms with Crippen LogP contribution in [0, 0.1) is 5.92 Å². The summed E-state index contributed by atoms with van der Waals surface area (Å²) in [7, 11) is 0. The molecule has 0 spiro atoms. The molecule has 4 N–H and O–H groups in total. The van der Waals surface area contributed by atoms with Gasteiger partial charge >= 0.3 is 0 Å². The van der Waals surface area contributed by atoms with E-state index in [1.54, 1.807) is 18.2 Å². The molecule has 1 aromatic rings. The second kappa shape index (κ2) is 10.5. The van der Waals surface area contributed by atoms with Gasteiger partial charge in [-0.3, -0.25) is 9.59 Å². The Morgan fingerprint density at radius 1 is 1.26 bits per heavy atom. The monoisotopic (exact) mass is 361 g/mol. The van der Waals surface area contributed by atoms with E-state index < -0.39 is 0 Å². The normalized spacial score (nSPS) is 11.6. The van der Waals surface area contributed by atoms with Crippen molar-refractivity contribution in [2.24, 2.45) is 11.7 Å². The number of carbonyl (C=O) groups is 2. The standard InChI is InChI=1S/C16H24ClN3O2.ClH/c1-10(2)8-15(21)20-12-4-5-14(17)13(9-12)16(22)19-7-6-11(3)18;/h4-5,9-11H,6-8,18H2,1-3H3,(H,19,22)(H,20,21);1H. The SMILES string of the molecule is CC(C)CC(=O)Nc1ccc(Cl)c(C(=O)NCCC(C)N)c1.Cl. The van der Waals surface area contributed by atoms with Crippen LogP contribution < -0.4 is 16.4 Å². The minimum Gasteiger partial charge on any atom is -0.352 e. The maximum atomic E-state index is 12.1. The van der Waals surface area contributed by atoms with Crippen molar-refractivity contribution >= 4 is 41.5 Å². The Kier molecular flexibility index (Phi) is 9.88. The van der Waals surface area contributed by atoms with Gasteiger partial charge in [0.1, 0.15) is 0 Å². The number of rotatable bonds is 7. The highest BCUT2D eigenvalue weighted by atomic mass is 35.5. The molecule has 130 valence electrons. The van der Waals surface area contributed by atoms with Crippen LogP contribution in [0.3, 0.4) is 0 Å². The molecule has 1 aromatic carbocycles. The third-order valence-electron chi connectivity index (χ3n) is 2.97. The summed E-state index contributed by atoms with van der Waals surface area (Å²) < 4.78 is 0. The van der Waals surface area contributed by atoms with Crippen molar-refractivity contribution in [1.29, 1.82) is 0 Å². The third-order valence-corrected chi connectivity index (χ3v) is 3.30. The smallest absolute Gasteiger partial charge is 0.252 e. The van der Waals surface area contributed by atoms with E-state index in [4.69, 9.17) is 17.3 Å². The van der Waals surface area contributed by atoms with E-state index in [9.17, 15) is 9.59 Å². The molecule has 0 aliphatic heterocycles. The second-order valence-corrected chi connectivity index (χ2v) is 6.27. The lowest BCUT2D eigenvalue weighted by Crippen LogP contribution is -2.29. The van der Waals surface area contributed by atoms with Crippen LogP contribution >= 0.6 is 24.0 Å². The van der Waals surface area contributed by atoms with Crippen LogP contribution in [0.4, 0.5) is 5.69 Å². The second-order valence-electron chi connectivity index (χ2n) is 5.86. The summed E-state index contributed by atoms with van der Waals surface area (Å²) in [5.41, 5.74) is 6.54. The number of anilines is 1. The Morgan fingerprint density at radius 2 is 1.91 bits per heavy atom. The van der Waals surface area contributed by atoms with Crippen molar-refractivity contribution in [3.63, 3.8) is 0 Å².